The van der Waals surface area contributed by atoms with Crippen molar-refractivity contribution in [3.8, 4) is 0 Å². The van der Waals surface area contributed by atoms with E-state index in [9.17, 15) is 4.79 Å². The van der Waals surface area contributed by atoms with Crippen LogP contribution in [0.4, 0.5) is 5.95 Å². The number of carbonyl (C=O) groups is 1. The summed E-state index contributed by atoms with van der Waals surface area (Å²) in [4.78, 5) is 12.8. The smallest absolute Gasteiger partial charge is 0.313 e. The summed E-state index contributed by atoms with van der Waals surface area (Å²) in [5, 5.41) is 17.6. The van der Waals surface area contributed by atoms with Crippen LogP contribution in [0.3, 0.4) is 0 Å². The molecule has 1 N–H and O–H groups in total. The van der Waals surface area contributed by atoms with Gasteiger partial charge in [-0.3, -0.25) is 9.36 Å². The van der Waals surface area contributed by atoms with Crippen LogP contribution in [0.15, 0.2) is 5.16 Å². The number of ether oxygens (including phenoxy) is 1. The maximum Gasteiger partial charge on any atom is 0.313 e. The number of rotatable bonds is 8. The molecule has 0 aliphatic heterocycles. The van der Waals surface area contributed by atoms with E-state index in [1.165, 1.54) is 11.8 Å². The van der Waals surface area contributed by atoms with Gasteiger partial charge in [-0.25, -0.2) is 0 Å². The van der Waals surface area contributed by atoms with E-state index < -0.39 is 5.97 Å². The number of carboxylic acid groups (broad SMARTS) is 1. The first-order chi connectivity index (χ1) is 9.13. The molecule has 0 unspecified atom stereocenters. The number of nitrogens with zero attached hydrogens (tertiary/aromatic N) is 4. The van der Waals surface area contributed by atoms with E-state index in [2.05, 4.69) is 15.1 Å². The number of hydrogen-bond acceptors (Lipinski definition) is 6. The fourth-order valence-corrected chi connectivity index (χ4v) is 2.46. The number of hydrogen-bond donors (Lipinski definition) is 1. The molecule has 0 atom stereocenters. The first-order valence-corrected chi connectivity index (χ1v) is 7.11. The quantitative estimate of drug-likeness (QED) is 0.701. The van der Waals surface area contributed by atoms with Gasteiger partial charge in [-0.1, -0.05) is 11.8 Å². The fourth-order valence-electron chi connectivity index (χ4n) is 1.83. The predicted molar refractivity (Wildman–Crippen MR) is 71.6 cm³/mol. The standard InChI is InChI=1S/C11H18N4O3S/c1-14-10(12-13-11(14)19-7-9(16)17)15(5-6-18-2)8-3-4-8/h8H,3-7H2,1-2H3,(H,16,17). The number of aliphatic carboxylic acids is 1. The minimum atomic E-state index is -0.854. The van der Waals surface area contributed by atoms with Crippen LogP contribution in [0.5, 0.6) is 0 Å². The van der Waals surface area contributed by atoms with E-state index in [1.54, 1.807) is 7.11 Å². The summed E-state index contributed by atoms with van der Waals surface area (Å²) < 4.78 is 6.96. The molecule has 7 nitrogen and oxygen atoms in total. The van der Waals surface area contributed by atoms with E-state index in [0.717, 1.165) is 25.3 Å². The third kappa shape index (κ3) is 3.60. The Morgan fingerprint density at radius 1 is 1.58 bits per heavy atom. The molecule has 1 fully saturated rings. The van der Waals surface area contributed by atoms with Crippen LogP contribution in [0.2, 0.25) is 0 Å². The van der Waals surface area contributed by atoms with Crippen LogP contribution < -0.4 is 4.90 Å². The van der Waals surface area contributed by atoms with Gasteiger partial charge in [0.25, 0.3) is 0 Å². The SMILES string of the molecule is COCCN(c1nnc(SCC(=O)O)n1C)C1CC1. The largest absolute Gasteiger partial charge is 0.481 e. The Kier molecular flexibility index (Phi) is 4.65. The van der Waals surface area contributed by atoms with Gasteiger partial charge in [0, 0.05) is 26.7 Å². The minimum absolute atomic E-state index is 0.00648. The highest BCUT2D eigenvalue weighted by Crippen LogP contribution is 2.31. The molecule has 0 aromatic carbocycles. The lowest BCUT2D eigenvalue weighted by Gasteiger charge is -2.22. The summed E-state index contributed by atoms with van der Waals surface area (Å²) >= 11 is 1.18. The zero-order chi connectivity index (χ0) is 13.8. The van der Waals surface area contributed by atoms with E-state index in [1.807, 2.05) is 11.6 Å². The maximum absolute atomic E-state index is 10.6. The van der Waals surface area contributed by atoms with E-state index in [-0.39, 0.29) is 5.75 Å². The molecule has 8 heteroatoms. The highest BCUT2D eigenvalue weighted by Gasteiger charge is 2.32. The third-order valence-electron chi connectivity index (χ3n) is 2.92. The molecule has 1 aliphatic rings. The molecule has 0 saturated heterocycles. The van der Waals surface area contributed by atoms with E-state index in [4.69, 9.17) is 9.84 Å². The predicted octanol–water partition coefficient (Wildman–Crippen LogP) is 0.607. The Morgan fingerprint density at radius 2 is 2.32 bits per heavy atom. The van der Waals surface area contributed by atoms with Gasteiger partial charge in [0.05, 0.1) is 12.4 Å². The summed E-state index contributed by atoms with van der Waals surface area (Å²) in [6, 6.07) is 0.510. The molecule has 1 aliphatic carbocycles. The van der Waals surface area contributed by atoms with Crippen molar-refractivity contribution in [3.05, 3.63) is 0 Å². The number of anilines is 1. The molecule has 0 radical (unpaired) electrons. The number of carboxylic acids is 1. The van der Waals surface area contributed by atoms with Crippen LogP contribution in [-0.4, -0.2) is 57.9 Å². The summed E-state index contributed by atoms with van der Waals surface area (Å²) in [5.74, 6) is -0.0755. The molecule has 1 aromatic heterocycles. The summed E-state index contributed by atoms with van der Waals surface area (Å²) in [5.41, 5.74) is 0. The first-order valence-electron chi connectivity index (χ1n) is 6.13. The second kappa shape index (κ2) is 6.25. The van der Waals surface area contributed by atoms with Crippen molar-refractivity contribution in [1.29, 1.82) is 0 Å². The van der Waals surface area contributed by atoms with E-state index in [0.29, 0.717) is 17.8 Å². The zero-order valence-electron chi connectivity index (χ0n) is 11.1. The Hall–Kier alpha value is -1.28. The molecule has 1 aromatic rings. The molecule has 0 bridgehead atoms. The van der Waals surface area contributed by atoms with Gasteiger partial charge in [-0.2, -0.15) is 0 Å². The maximum atomic E-state index is 10.6. The highest BCUT2D eigenvalue weighted by molar-refractivity contribution is 7.99. The van der Waals surface area contributed by atoms with Crippen molar-refractivity contribution >= 4 is 23.7 Å². The monoisotopic (exact) mass is 286 g/mol. The molecule has 1 saturated carbocycles. The summed E-state index contributed by atoms with van der Waals surface area (Å²) in [6.07, 6.45) is 2.32. The second-order valence-electron chi connectivity index (χ2n) is 4.44. The van der Waals surface area contributed by atoms with Gasteiger partial charge < -0.3 is 14.7 Å². The van der Waals surface area contributed by atoms with Gasteiger partial charge in [0.1, 0.15) is 0 Å². The third-order valence-corrected chi connectivity index (χ3v) is 3.92. The van der Waals surface area contributed by atoms with Crippen LogP contribution in [-0.2, 0) is 16.6 Å². The number of methoxy groups -OCH3 is 1. The lowest BCUT2D eigenvalue weighted by molar-refractivity contribution is -0.133. The molecule has 0 spiro atoms. The fraction of sp³-hybridized carbons (Fsp3) is 0.727. The zero-order valence-corrected chi connectivity index (χ0v) is 11.9. The normalized spacial score (nSPS) is 14.6. The Bertz CT molecular complexity index is 447. The molecular formula is C11H18N4O3S. The van der Waals surface area contributed by atoms with Gasteiger partial charge in [-0.05, 0) is 12.8 Å². The average Bonchev–Trinajstić information content (AvgIpc) is 3.14. The molecule has 1 heterocycles. The average molecular weight is 286 g/mol. The van der Waals surface area contributed by atoms with Crippen LogP contribution >= 0.6 is 11.8 Å². The van der Waals surface area contributed by atoms with Crippen LogP contribution in [0, 0.1) is 0 Å². The first kappa shape index (κ1) is 14.1. The lowest BCUT2D eigenvalue weighted by atomic mass is 10.5. The van der Waals surface area contributed by atoms with Gasteiger partial charge >= 0.3 is 5.97 Å². The van der Waals surface area contributed by atoms with Crippen molar-refractivity contribution in [1.82, 2.24) is 14.8 Å². The van der Waals surface area contributed by atoms with Gasteiger partial charge in [-0.15, -0.1) is 10.2 Å². The minimum Gasteiger partial charge on any atom is -0.481 e. The molecule has 19 heavy (non-hydrogen) atoms. The van der Waals surface area contributed by atoms with Crippen molar-refractivity contribution in [2.24, 2.45) is 7.05 Å². The van der Waals surface area contributed by atoms with Crippen molar-refractivity contribution < 1.29 is 14.6 Å². The van der Waals surface area contributed by atoms with Crippen molar-refractivity contribution in [2.45, 2.75) is 24.0 Å². The van der Waals surface area contributed by atoms with E-state index >= 15 is 0 Å². The van der Waals surface area contributed by atoms with Gasteiger partial charge in [0.2, 0.25) is 5.95 Å². The second-order valence-corrected chi connectivity index (χ2v) is 5.38. The Labute approximate surface area is 115 Å². The van der Waals surface area contributed by atoms with Crippen LogP contribution in [0.1, 0.15) is 12.8 Å². The number of aromatic nitrogens is 3. The Balaban J connectivity index is 2.07. The van der Waals surface area contributed by atoms with Crippen molar-refractivity contribution in [2.75, 3.05) is 30.9 Å². The summed E-state index contributed by atoms with van der Waals surface area (Å²) in [6.45, 7) is 1.41. The Morgan fingerprint density at radius 3 is 2.89 bits per heavy atom. The van der Waals surface area contributed by atoms with Crippen LogP contribution in [0.25, 0.3) is 0 Å². The highest BCUT2D eigenvalue weighted by atomic mass is 32.2. The number of thioether (sulfide) groups is 1. The lowest BCUT2D eigenvalue weighted by Crippen LogP contribution is -2.31. The molecule has 0 amide bonds. The molecular weight excluding hydrogens is 268 g/mol. The molecule has 106 valence electrons. The summed E-state index contributed by atoms with van der Waals surface area (Å²) in [7, 11) is 3.54. The molecule has 2 rings (SSSR count). The topological polar surface area (TPSA) is 80.5 Å². The van der Waals surface area contributed by atoms with Crippen molar-refractivity contribution in [3.63, 3.8) is 0 Å². The van der Waals surface area contributed by atoms with Gasteiger partial charge in [0.15, 0.2) is 5.16 Å².